The maximum Gasteiger partial charge on any atom is 0.319 e. The summed E-state index contributed by atoms with van der Waals surface area (Å²) in [5.41, 5.74) is 2.09. The van der Waals surface area contributed by atoms with Crippen LogP contribution in [-0.4, -0.2) is 6.03 Å². The zero-order valence-electron chi connectivity index (χ0n) is 6.23. The number of anilines is 1. The van der Waals surface area contributed by atoms with Gasteiger partial charge in [-0.25, -0.2) is 4.79 Å². The third-order valence-electron chi connectivity index (χ3n) is 1.78. The SMILES string of the molecule is O=C1NCc2cccc(I)c2N1. The molecule has 1 aliphatic heterocycles. The summed E-state index contributed by atoms with van der Waals surface area (Å²) in [4.78, 5) is 11.0. The number of para-hydroxylation sites is 1. The van der Waals surface area contributed by atoms with Gasteiger partial charge < -0.3 is 10.6 Å². The minimum absolute atomic E-state index is 0.119. The zero-order chi connectivity index (χ0) is 8.55. The summed E-state index contributed by atoms with van der Waals surface area (Å²) in [7, 11) is 0. The Morgan fingerprint density at radius 2 is 2.25 bits per heavy atom. The number of hydrogen-bond acceptors (Lipinski definition) is 1. The van der Waals surface area contributed by atoms with E-state index < -0.39 is 0 Å². The molecule has 0 aliphatic carbocycles. The molecule has 12 heavy (non-hydrogen) atoms. The van der Waals surface area contributed by atoms with Gasteiger partial charge in [-0.2, -0.15) is 0 Å². The van der Waals surface area contributed by atoms with Crippen LogP contribution in [0.4, 0.5) is 10.5 Å². The summed E-state index contributed by atoms with van der Waals surface area (Å²) in [6.07, 6.45) is 0. The van der Waals surface area contributed by atoms with Gasteiger partial charge in [0, 0.05) is 10.1 Å². The fourth-order valence-corrected chi connectivity index (χ4v) is 1.88. The molecule has 1 heterocycles. The van der Waals surface area contributed by atoms with Crippen molar-refractivity contribution in [3.05, 3.63) is 27.3 Å². The minimum Gasteiger partial charge on any atom is -0.334 e. The van der Waals surface area contributed by atoms with E-state index in [0.717, 1.165) is 14.8 Å². The molecule has 62 valence electrons. The summed E-state index contributed by atoms with van der Waals surface area (Å²) < 4.78 is 1.08. The Labute approximate surface area is 83.7 Å². The van der Waals surface area contributed by atoms with Gasteiger partial charge in [0.05, 0.1) is 5.69 Å². The van der Waals surface area contributed by atoms with Crippen molar-refractivity contribution in [3.8, 4) is 0 Å². The number of nitrogens with one attached hydrogen (secondary N) is 2. The Balaban J connectivity index is 2.50. The summed E-state index contributed by atoms with van der Waals surface area (Å²) >= 11 is 2.21. The number of fused-ring (bicyclic) bond motifs is 1. The molecule has 4 heteroatoms. The van der Waals surface area contributed by atoms with Crippen LogP contribution in [0.1, 0.15) is 5.56 Å². The van der Waals surface area contributed by atoms with Gasteiger partial charge in [-0.05, 0) is 34.2 Å². The van der Waals surface area contributed by atoms with Crippen molar-refractivity contribution in [3.63, 3.8) is 0 Å². The summed E-state index contributed by atoms with van der Waals surface area (Å²) in [5.74, 6) is 0. The van der Waals surface area contributed by atoms with Crippen LogP contribution in [0.5, 0.6) is 0 Å². The molecular formula is C8H7IN2O. The molecule has 1 aliphatic rings. The van der Waals surface area contributed by atoms with Gasteiger partial charge in [-0.3, -0.25) is 0 Å². The first-order valence-corrected chi connectivity index (χ1v) is 4.67. The van der Waals surface area contributed by atoms with Gasteiger partial charge in [0.15, 0.2) is 0 Å². The lowest BCUT2D eigenvalue weighted by Gasteiger charge is -2.18. The third kappa shape index (κ3) is 1.26. The molecule has 2 amide bonds. The van der Waals surface area contributed by atoms with E-state index in [4.69, 9.17) is 0 Å². The topological polar surface area (TPSA) is 41.1 Å². The van der Waals surface area contributed by atoms with E-state index in [-0.39, 0.29) is 6.03 Å². The van der Waals surface area contributed by atoms with Gasteiger partial charge in [0.25, 0.3) is 0 Å². The molecule has 0 atom stereocenters. The van der Waals surface area contributed by atoms with Crippen LogP contribution >= 0.6 is 22.6 Å². The van der Waals surface area contributed by atoms with Gasteiger partial charge in [0.1, 0.15) is 0 Å². The van der Waals surface area contributed by atoms with E-state index in [1.165, 1.54) is 0 Å². The number of halogens is 1. The minimum atomic E-state index is -0.119. The van der Waals surface area contributed by atoms with Gasteiger partial charge in [-0.1, -0.05) is 12.1 Å². The fourth-order valence-electron chi connectivity index (χ4n) is 1.19. The maximum atomic E-state index is 11.0. The number of amides is 2. The number of carbonyl (C=O) groups excluding carboxylic acids is 1. The molecule has 0 radical (unpaired) electrons. The van der Waals surface area contributed by atoms with Crippen LogP contribution in [0.2, 0.25) is 0 Å². The average molecular weight is 274 g/mol. The lowest BCUT2D eigenvalue weighted by Crippen LogP contribution is -2.33. The Morgan fingerprint density at radius 3 is 3.08 bits per heavy atom. The predicted molar refractivity (Wildman–Crippen MR) is 55.0 cm³/mol. The Morgan fingerprint density at radius 1 is 1.42 bits per heavy atom. The van der Waals surface area contributed by atoms with E-state index in [1.807, 2.05) is 18.2 Å². The molecule has 0 saturated carbocycles. The van der Waals surface area contributed by atoms with Crippen molar-refractivity contribution in [1.82, 2.24) is 5.32 Å². The van der Waals surface area contributed by atoms with E-state index in [1.54, 1.807) is 0 Å². The van der Waals surface area contributed by atoms with E-state index in [2.05, 4.69) is 33.2 Å². The molecule has 0 spiro atoms. The highest BCUT2D eigenvalue weighted by atomic mass is 127. The highest BCUT2D eigenvalue weighted by Crippen LogP contribution is 2.24. The molecule has 3 nitrogen and oxygen atoms in total. The van der Waals surface area contributed by atoms with Crippen molar-refractivity contribution >= 4 is 34.3 Å². The average Bonchev–Trinajstić information content (AvgIpc) is 2.07. The summed E-state index contributed by atoms with van der Waals surface area (Å²) in [5, 5.41) is 5.48. The smallest absolute Gasteiger partial charge is 0.319 e. The molecule has 0 aromatic heterocycles. The van der Waals surface area contributed by atoms with Crippen LogP contribution in [0, 0.1) is 3.57 Å². The molecule has 0 saturated heterocycles. The van der Waals surface area contributed by atoms with Crippen molar-refractivity contribution in [2.24, 2.45) is 0 Å². The lowest BCUT2D eigenvalue weighted by molar-refractivity contribution is 0.251. The molecule has 1 aromatic rings. The highest BCUT2D eigenvalue weighted by molar-refractivity contribution is 14.1. The molecule has 0 fully saturated rings. The van der Waals surface area contributed by atoms with Crippen LogP contribution < -0.4 is 10.6 Å². The van der Waals surface area contributed by atoms with E-state index in [0.29, 0.717) is 6.54 Å². The second-order valence-corrected chi connectivity index (χ2v) is 3.74. The first kappa shape index (κ1) is 7.85. The third-order valence-corrected chi connectivity index (χ3v) is 2.68. The molecular weight excluding hydrogens is 267 g/mol. The predicted octanol–water partition coefficient (Wildman–Crippen LogP) is 1.93. The largest absolute Gasteiger partial charge is 0.334 e. The highest BCUT2D eigenvalue weighted by Gasteiger charge is 2.14. The second-order valence-electron chi connectivity index (χ2n) is 2.58. The van der Waals surface area contributed by atoms with Crippen LogP contribution in [0.15, 0.2) is 18.2 Å². The second kappa shape index (κ2) is 2.93. The Kier molecular flexibility index (Phi) is 1.92. The van der Waals surface area contributed by atoms with Crippen LogP contribution in [0.3, 0.4) is 0 Å². The lowest BCUT2D eigenvalue weighted by atomic mass is 10.1. The van der Waals surface area contributed by atoms with Crippen molar-refractivity contribution in [1.29, 1.82) is 0 Å². The van der Waals surface area contributed by atoms with Crippen molar-refractivity contribution in [2.75, 3.05) is 5.32 Å². The molecule has 2 rings (SSSR count). The van der Waals surface area contributed by atoms with E-state index >= 15 is 0 Å². The Bertz CT molecular complexity index is 338. The summed E-state index contributed by atoms with van der Waals surface area (Å²) in [6.45, 7) is 0.623. The first-order chi connectivity index (χ1) is 5.77. The maximum absolute atomic E-state index is 11.0. The van der Waals surface area contributed by atoms with Gasteiger partial charge >= 0.3 is 6.03 Å². The number of carbonyl (C=O) groups is 1. The molecule has 0 bridgehead atoms. The van der Waals surface area contributed by atoms with Crippen molar-refractivity contribution < 1.29 is 4.79 Å². The van der Waals surface area contributed by atoms with Crippen LogP contribution in [0.25, 0.3) is 0 Å². The number of rotatable bonds is 0. The standard InChI is InChI=1S/C8H7IN2O/c9-6-3-1-2-5-4-10-8(12)11-7(5)6/h1-3H,4H2,(H2,10,11,12). The van der Waals surface area contributed by atoms with Crippen molar-refractivity contribution in [2.45, 2.75) is 6.54 Å². The summed E-state index contributed by atoms with van der Waals surface area (Å²) in [6, 6.07) is 5.85. The van der Waals surface area contributed by atoms with Gasteiger partial charge in [-0.15, -0.1) is 0 Å². The first-order valence-electron chi connectivity index (χ1n) is 3.59. The number of hydrogen-bond donors (Lipinski definition) is 2. The van der Waals surface area contributed by atoms with Crippen LogP contribution in [-0.2, 0) is 6.54 Å². The quantitative estimate of drug-likeness (QED) is 0.697. The Hall–Kier alpha value is -0.780. The number of benzene rings is 1. The molecule has 1 aromatic carbocycles. The van der Waals surface area contributed by atoms with E-state index in [9.17, 15) is 4.79 Å². The fraction of sp³-hybridized carbons (Fsp3) is 0.125. The molecule has 2 N–H and O–H groups in total. The molecule has 0 unspecified atom stereocenters. The monoisotopic (exact) mass is 274 g/mol. The van der Waals surface area contributed by atoms with Gasteiger partial charge in [0.2, 0.25) is 0 Å². The number of urea groups is 1. The normalized spacial score (nSPS) is 14.6. The zero-order valence-corrected chi connectivity index (χ0v) is 8.38.